The SMILES string of the molecule is O=C(O)C(CNS(=O)(=O)C(F)F)c1ccccc1. The van der Waals surface area contributed by atoms with Crippen LogP contribution < -0.4 is 4.72 Å². The van der Waals surface area contributed by atoms with Gasteiger partial charge in [-0.3, -0.25) is 4.79 Å². The molecule has 0 aliphatic carbocycles. The van der Waals surface area contributed by atoms with E-state index >= 15 is 0 Å². The van der Waals surface area contributed by atoms with Gasteiger partial charge in [0.1, 0.15) is 0 Å². The summed E-state index contributed by atoms with van der Waals surface area (Å²) in [5.74, 6) is -6.08. The van der Waals surface area contributed by atoms with Crippen molar-refractivity contribution in [1.82, 2.24) is 4.72 Å². The van der Waals surface area contributed by atoms with Gasteiger partial charge in [-0.25, -0.2) is 13.1 Å². The molecule has 1 unspecified atom stereocenters. The van der Waals surface area contributed by atoms with E-state index in [1.165, 1.54) is 12.1 Å². The molecular formula is C10H11F2NO4S. The van der Waals surface area contributed by atoms with Crippen LogP contribution in [0.15, 0.2) is 30.3 Å². The number of hydrogen-bond acceptors (Lipinski definition) is 3. The molecule has 0 saturated heterocycles. The highest BCUT2D eigenvalue weighted by molar-refractivity contribution is 7.89. The Labute approximate surface area is 102 Å². The molecule has 5 nitrogen and oxygen atoms in total. The van der Waals surface area contributed by atoms with Gasteiger partial charge in [0.25, 0.3) is 10.0 Å². The summed E-state index contributed by atoms with van der Waals surface area (Å²) in [5, 5.41) is 8.94. The summed E-state index contributed by atoms with van der Waals surface area (Å²) >= 11 is 0. The quantitative estimate of drug-likeness (QED) is 0.813. The van der Waals surface area contributed by atoms with Crippen LogP contribution >= 0.6 is 0 Å². The van der Waals surface area contributed by atoms with Crippen molar-refractivity contribution in [1.29, 1.82) is 0 Å². The van der Waals surface area contributed by atoms with Gasteiger partial charge < -0.3 is 5.11 Å². The Morgan fingerprint density at radius 2 is 1.83 bits per heavy atom. The Morgan fingerprint density at radius 1 is 1.28 bits per heavy atom. The molecule has 0 amide bonds. The van der Waals surface area contributed by atoms with E-state index < -0.39 is 34.2 Å². The van der Waals surface area contributed by atoms with E-state index in [2.05, 4.69) is 0 Å². The Bertz CT molecular complexity index is 504. The second-order valence-electron chi connectivity index (χ2n) is 3.46. The first kappa shape index (κ1) is 14.5. The topological polar surface area (TPSA) is 83.5 Å². The molecular weight excluding hydrogens is 268 g/mol. The van der Waals surface area contributed by atoms with E-state index in [1.807, 2.05) is 0 Å². The van der Waals surface area contributed by atoms with Gasteiger partial charge in [-0.2, -0.15) is 8.78 Å². The van der Waals surface area contributed by atoms with E-state index in [4.69, 9.17) is 5.11 Å². The maximum atomic E-state index is 12.1. The van der Waals surface area contributed by atoms with Crippen molar-refractivity contribution in [3.8, 4) is 0 Å². The first-order valence-electron chi connectivity index (χ1n) is 4.89. The molecule has 0 heterocycles. The zero-order chi connectivity index (χ0) is 13.8. The fourth-order valence-corrected chi connectivity index (χ4v) is 1.82. The number of sulfonamides is 1. The molecule has 0 radical (unpaired) electrons. The summed E-state index contributed by atoms with van der Waals surface area (Å²) in [5.41, 5.74) is 0.335. The summed E-state index contributed by atoms with van der Waals surface area (Å²) < 4.78 is 47.4. The van der Waals surface area contributed by atoms with Crippen LogP contribution in [-0.2, 0) is 14.8 Å². The predicted molar refractivity (Wildman–Crippen MR) is 59.7 cm³/mol. The van der Waals surface area contributed by atoms with Gasteiger partial charge in [0.15, 0.2) is 0 Å². The zero-order valence-corrected chi connectivity index (χ0v) is 9.90. The molecule has 0 aliphatic heterocycles. The Balaban J connectivity index is 2.82. The predicted octanol–water partition coefficient (Wildman–Crippen LogP) is 0.997. The molecule has 0 spiro atoms. The Kier molecular flexibility index (Phi) is 4.74. The van der Waals surface area contributed by atoms with E-state index in [0.29, 0.717) is 5.56 Å². The van der Waals surface area contributed by atoms with Crippen molar-refractivity contribution in [2.75, 3.05) is 6.54 Å². The molecule has 1 rings (SSSR count). The number of hydrogen-bond donors (Lipinski definition) is 2. The van der Waals surface area contributed by atoms with Gasteiger partial charge in [-0.1, -0.05) is 30.3 Å². The minimum Gasteiger partial charge on any atom is -0.481 e. The van der Waals surface area contributed by atoms with E-state index in [9.17, 15) is 22.0 Å². The number of carboxylic acids is 1. The lowest BCUT2D eigenvalue weighted by Crippen LogP contribution is -2.35. The van der Waals surface area contributed by atoms with Crippen LogP contribution in [0.1, 0.15) is 11.5 Å². The van der Waals surface area contributed by atoms with Crippen molar-refractivity contribution in [2.45, 2.75) is 11.7 Å². The normalized spacial score (nSPS) is 13.5. The molecule has 18 heavy (non-hydrogen) atoms. The third-order valence-electron chi connectivity index (χ3n) is 2.22. The number of benzene rings is 1. The molecule has 100 valence electrons. The Morgan fingerprint density at radius 3 is 2.28 bits per heavy atom. The molecule has 2 N–H and O–H groups in total. The first-order valence-corrected chi connectivity index (χ1v) is 6.43. The second kappa shape index (κ2) is 5.87. The van der Waals surface area contributed by atoms with Gasteiger partial charge in [0, 0.05) is 6.54 Å². The molecule has 0 aromatic heterocycles. The molecule has 0 fully saturated rings. The van der Waals surface area contributed by atoms with Crippen LogP contribution in [0.25, 0.3) is 0 Å². The highest BCUT2D eigenvalue weighted by atomic mass is 32.2. The highest BCUT2D eigenvalue weighted by Crippen LogP contribution is 2.15. The summed E-state index contributed by atoms with van der Waals surface area (Å²) in [6.07, 6.45) is 0. The van der Waals surface area contributed by atoms with Crippen LogP contribution in [0.2, 0.25) is 0 Å². The van der Waals surface area contributed by atoms with Gasteiger partial charge in [0.05, 0.1) is 5.92 Å². The van der Waals surface area contributed by atoms with Crippen molar-refractivity contribution >= 4 is 16.0 Å². The molecule has 0 aliphatic rings. The van der Waals surface area contributed by atoms with Gasteiger partial charge in [0.2, 0.25) is 0 Å². The average Bonchev–Trinajstić information content (AvgIpc) is 2.29. The van der Waals surface area contributed by atoms with Crippen molar-refractivity contribution in [2.24, 2.45) is 0 Å². The summed E-state index contributed by atoms with van der Waals surface area (Å²) in [7, 11) is -4.78. The lowest BCUT2D eigenvalue weighted by atomic mass is 10.00. The zero-order valence-electron chi connectivity index (χ0n) is 9.08. The number of aliphatic carboxylic acids is 1. The number of carbonyl (C=O) groups is 1. The standard InChI is InChI=1S/C10H11F2NO4S/c11-10(12)18(16,17)13-6-8(9(14)15)7-4-2-1-3-5-7/h1-5,8,10,13H,6H2,(H,14,15). The minimum absolute atomic E-state index is 0.335. The third kappa shape index (κ3) is 3.74. The number of carboxylic acid groups (broad SMARTS) is 1. The summed E-state index contributed by atoms with van der Waals surface area (Å²) in [4.78, 5) is 11.0. The minimum atomic E-state index is -4.78. The van der Waals surface area contributed by atoms with Crippen LogP contribution in [0.3, 0.4) is 0 Å². The lowest BCUT2D eigenvalue weighted by molar-refractivity contribution is -0.138. The average molecular weight is 279 g/mol. The van der Waals surface area contributed by atoms with E-state index in [0.717, 1.165) is 0 Å². The van der Waals surface area contributed by atoms with Crippen LogP contribution in [-0.4, -0.2) is 31.8 Å². The molecule has 1 aromatic carbocycles. The Hall–Kier alpha value is -1.54. The van der Waals surface area contributed by atoms with Gasteiger partial charge >= 0.3 is 11.7 Å². The maximum Gasteiger partial charge on any atom is 0.350 e. The van der Waals surface area contributed by atoms with E-state index in [-0.39, 0.29) is 0 Å². The largest absolute Gasteiger partial charge is 0.481 e. The van der Waals surface area contributed by atoms with Gasteiger partial charge in [-0.15, -0.1) is 0 Å². The van der Waals surface area contributed by atoms with E-state index in [1.54, 1.807) is 22.9 Å². The van der Waals surface area contributed by atoms with Gasteiger partial charge in [-0.05, 0) is 5.56 Å². The van der Waals surface area contributed by atoms with Crippen molar-refractivity contribution in [3.63, 3.8) is 0 Å². The number of alkyl halides is 2. The van der Waals surface area contributed by atoms with Crippen molar-refractivity contribution < 1.29 is 27.1 Å². The number of rotatable bonds is 6. The smallest absolute Gasteiger partial charge is 0.350 e. The monoisotopic (exact) mass is 279 g/mol. The van der Waals surface area contributed by atoms with Crippen LogP contribution in [0.4, 0.5) is 8.78 Å². The lowest BCUT2D eigenvalue weighted by Gasteiger charge is -2.13. The first-order chi connectivity index (χ1) is 8.34. The third-order valence-corrected chi connectivity index (χ3v) is 3.26. The molecule has 8 heteroatoms. The second-order valence-corrected chi connectivity index (χ2v) is 5.19. The molecule has 0 bridgehead atoms. The van der Waals surface area contributed by atoms with Crippen LogP contribution in [0, 0.1) is 0 Å². The van der Waals surface area contributed by atoms with Crippen LogP contribution in [0.5, 0.6) is 0 Å². The molecule has 1 atom stereocenters. The fourth-order valence-electron chi connectivity index (χ4n) is 1.30. The summed E-state index contributed by atoms with van der Waals surface area (Å²) in [6.45, 7) is -0.619. The maximum absolute atomic E-state index is 12.1. The fraction of sp³-hybridized carbons (Fsp3) is 0.300. The number of halogens is 2. The van der Waals surface area contributed by atoms with Crippen molar-refractivity contribution in [3.05, 3.63) is 35.9 Å². The summed E-state index contributed by atoms with van der Waals surface area (Å²) in [6, 6.07) is 7.77. The molecule has 1 aromatic rings. The molecule has 0 saturated carbocycles. The highest BCUT2D eigenvalue weighted by Gasteiger charge is 2.27. The number of nitrogens with one attached hydrogen (secondary N) is 1.